The first-order chi connectivity index (χ1) is 9.53. The Bertz CT molecular complexity index is 563. The zero-order valence-electron chi connectivity index (χ0n) is 12.2. The maximum Gasteiger partial charge on any atom is 0.0705 e. The lowest BCUT2D eigenvalue weighted by Crippen LogP contribution is -2.29. The minimum atomic E-state index is 0.182. The largest absolute Gasteiger partial charge is 0.396 e. The summed E-state index contributed by atoms with van der Waals surface area (Å²) in [5, 5.41) is 14.2. The van der Waals surface area contributed by atoms with Crippen LogP contribution in [0.25, 0.3) is 10.9 Å². The van der Waals surface area contributed by atoms with Crippen LogP contribution in [0.4, 0.5) is 0 Å². The van der Waals surface area contributed by atoms with Gasteiger partial charge in [-0.25, -0.2) is 0 Å². The van der Waals surface area contributed by atoms with E-state index in [1.54, 1.807) is 0 Å². The third kappa shape index (κ3) is 3.75. The van der Waals surface area contributed by atoms with Crippen molar-refractivity contribution in [1.82, 2.24) is 10.3 Å². The molecule has 0 atom stereocenters. The molecular formula is C16H23ClN2O. The van der Waals surface area contributed by atoms with E-state index in [9.17, 15) is 0 Å². The lowest BCUT2D eigenvalue weighted by atomic mass is 9.88. The monoisotopic (exact) mass is 294 g/mol. The molecular weight excluding hydrogens is 272 g/mol. The molecule has 3 nitrogen and oxygen atoms in total. The minimum Gasteiger partial charge on any atom is -0.396 e. The lowest BCUT2D eigenvalue weighted by Gasteiger charge is -2.24. The van der Waals surface area contributed by atoms with E-state index in [1.165, 1.54) is 0 Å². The summed E-state index contributed by atoms with van der Waals surface area (Å²) in [4.78, 5) is 3.36. The molecule has 0 fully saturated rings. The predicted octanol–water partition coefficient (Wildman–Crippen LogP) is 3.71. The van der Waals surface area contributed by atoms with Gasteiger partial charge in [-0.2, -0.15) is 0 Å². The average molecular weight is 295 g/mol. The Kier molecular flexibility index (Phi) is 5.08. The number of aromatic nitrogens is 1. The number of aliphatic hydroxyl groups is 1. The van der Waals surface area contributed by atoms with Crippen molar-refractivity contribution in [2.75, 3.05) is 13.2 Å². The van der Waals surface area contributed by atoms with Gasteiger partial charge in [0, 0.05) is 36.3 Å². The van der Waals surface area contributed by atoms with Crippen molar-refractivity contribution >= 4 is 22.5 Å². The Hall–Kier alpha value is -1.03. The lowest BCUT2D eigenvalue weighted by molar-refractivity contribution is 0.236. The number of rotatable bonds is 7. The molecule has 2 aromatic rings. The van der Waals surface area contributed by atoms with E-state index in [-0.39, 0.29) is 12.0 Å². The second-order valence-corrected chi connectivity index (χ2v) is 6.44. The number of aromatic amines is 1. The van der Waals surface area contributed by atoms with Crippen LogP contribution in [0.5, 0.6) is 0 Å². The van der Waals surface area contributed by atoms with Crippen molar-refractivity contribution < 1.29 is 5.11 Å². The Morgan fingerprint density at radius 3 is 2.75 bits per heavy atom. The number of H-pyrrole nitrogens is 1. The molecule has 0 aliphatic heterocycles. The molecule has 0 aliphatic rings. The van der Waals surface area contributed by atoms with Gasteiger partial charge in [-0.3, -0.25) is 0 Å². The highest BCUT2D eigenvalue weighted by Gasteiger charge is 2.17. The highest BCUT2D eigenvalue weighted by atomic mass is 35.5. The van der Waals surface area contributed by atoms with Crippen molar-refractivity contribution in [3.05, 3.63) is 35.0 Å². The first kappa shape index (κ1) is 15.4. The SMILES string of the molecule is CC(C)(CCCO)CNCc1[nH]c2ccccc2c1Cl. The van der Waals surface area contributed by atoms with E-state index >= 15 is 0 Å². The molecule has 1 heterocycles. The van der Waals surface area contributed by atoms with Gasteiger partial charge in [-0.1, -0.05) is 43.6 Å². The number of hydrogen-bond acceptors (Lipinski definition) is 2. The van der Waals surface area contributed by atoms with Gasteiger partial charge >= 0.3 is 0 Å². The third-order valence-corrected chi connectivity index (χ3v) is 4.06. The van der Waals surface area contributed by atoms with Gasteiger partial charge in [0.2, 0.25) is 0 Å². The van der Waals surface area contributed by atoms with Crippen LogP contribution >= 0.6 is 11.6 Å². The summed E-state index contributed by atoms with van der Waals surface area (Å²) in [5.74, 6) is 0. The van der Waals surface area contributed by atoms with Crippen LogP contribution in [-0.4, -0.2) is 23.2 Å². The number of para-hydroxylation sites is 1. The number of aliphatic hydroxyl groups excluding tert-OH is 1. The first-order valence-corrected chi connectivity index (χ1v) is 7.48. The van der Waals surface area contributed by atoms with Gasteiger partial charge in [0.05, 0.1) is 5.02 Å². The second kappa shape index (κ2) is 6.61. The number of hydrogen-bond donors (Lipinski definition) is 3. The van der Waals surface area contributed by atoms with Crippen molar-refractivity contribution in [3.8, 4) is 0 Å². The van der Waals surface area contributed by atoms with E-state index in [0.29, 0.717) is 0 Å². The van der Waals surface area contributed by atoms with Gasteiger partial charge in [0.15, 0.2) is 0 Å². The maximum absolute atomic E-state index is 8.91. The molecule has 110 valence electrons. The van der Waals surface area contributed by atoms with Crippen LogP contribution in [-0.2, 0) is 6.54 Å². The molecule has 0 spiro atoms. The summed E-state index contributed by atoms with van der Waals surface area (Å²) in [5.41, 5.74) is 2.29. The molecule has 20 heavy (non-hydrogen) atoms. The smallest absolute Gasteiger partial charge is 0.0705 e. The summed E-state index contributed by atoms with van der Waals surface area (Å²) < 4.78 is 0. The van der Waals surface area contributed by atoms with Crippen LogP contribution < -0.4 is 5.32 Å². The summed E-state index contributed by atoms with van der Waals surface area (Å²) in [6.45, 7) is 6.32. The Balaban J connectivity index is 1.94. The summed E-state index contributed by atoms with van der Waals surface area (Å²) in [6, 6.07) is 8.07. The number of halogens is 1. The topological polar surface area (TPSA) is 48.0 Å². The molecule has 0 radical (unpaired) electrons. The molecule has 0 amide bonds. The van der Waals surface area contributed by atoms with Crippen molar-refractivity contribution in [1.29, 1.82) is 0 Å². The fourth-order valence-corrected chi connectivity index (χ4v) is 2.74. The number of nitrogens with one attached hydrogen (secondary N) is 2. The molecule has 4 heteroatoms. The third-order valence-electron chi connectivity index (χ3n) is 3.63. The predicted molar refractivity (Wildman–Crippen MR) is 85.1 cm³/mol. The molecule has 3 N–H and O–H groups in total. The Morgan fingerprint density at radius 2 is 2.05 bits per heavy atom. The van der Waals surface area contributed by atoms with Gasteiger partial charge in [-0.15, -0.1) is 0 Å². The summed E-state index contributed by atoms with van der Waals surface area (Å²) in [7, 11) is 0. The molecule has 0 bridgehead atoms. The van der Waals surface area contributed by atoms with Crippen molar-refractivity contribution in [2.45, 2.75) is 33.2 Å². The molecule has 0 aliphatic carbocycles. The molecule has 0 saturated heterocycles. The highest BCUT2D eigenvalue weighted by molar-refractivity contribution is 6.36. The fraction of sp³-hybridized carbons (Fsp3) is 0.500. The summed E-state index contributed by atoms with van der Waals surface area (Å²) >= 11 is 6.39. The highest BCUT2D eigenvalue weighted by Crippen LogP contribution is 2.27. The molecule has 1 aromatic heterocycles. The van der Waals surface area contributed by atoms with E-state index in [1.807, 2.05) is 24.3 Å². The van der Waals surface area contributed by atoms with E-state index in [2.05, 4.69) is 24.1 Å². The van der Waals surface area contributed by atoms with Crippen LogP contribution in [0.3, 0.4) is 0 Å². The van der Waals surface area contributed by atoms with Crippen LogP contribution in [0, 0.1) is 5.41 Å². The van der Waals surface area contributed by atoms with E-state index < -0.39 is 0 Å². The Labute approximate surface area is 125 Å². The Morgan fingerprint density at radius 1 is 1.30 bits per heavy atom. The molecule has 0 unspecified atom stereocenters. The first-order valence-electron chi connectivity index (χ1n) is 7.10. The van der Waals surface area contributed by atoms with E-state index in [4.69, 9.17) is 16.7 Å². The van der Waals surface area contributed by atoms with Gasteiger partial charge < -0.3 is 15.4 Å². The van der Waals surface area contributed by atoms with Gasteiger partial charge in [0.1, 0.15) is 0 Å². The van der Waals surface area contributed by atoms with Crippen molar-refractivity contribution in [3.63, 3.8) is 0 Å². The molecule has 2 rings (SSSR count). The fourth-order valence-electron chi connectivity index (χ4n) is 2.46. The zero-order valence-corrected chi connectivity index (χ0v) is 12.9. The minimum absolute atomic E-state index is 0.182. The van der Waals surface area contributed by atoms with E-state index in [0.717, 1.165) is 47.6 Å². The quantitative estimate of drug-likeness (QED) is 0.729. The zero-order chi connectivity index (χ0) is 14.6. The standard InChI is InChI=1S/C16H23ClN2O/c1-16(2,8-5-9-20)11-18-10-14-15(17)12-6-3-4-7-13(12)19-14/h3-4,6-7,18-20H,5,8-11H2,1-2H3. The normalized spacial score (nSPS) is 12.2. The maximum atomic E-state index is 8.91. The van der Waals surface area contributed by atoms with Crippen LogP contribution in [0.2, 0.25) is 5.02 Å². The summed E-state index contributed by atoms with van der Waals surface area (Å²) in [6.07, 6.45) is 1.86. The van der Waals surface area contributed by atoms with Crippen LogP contribution in [0.1, 0.15) is 32.4 Å². The molecule has 1 aromatic carbocycles. The molecule has 0 saturated carbocycles. The second-order valence-electron chi connectivity index (χ2n) is 6.06. The van der Waals surface area contributed by atoms with Gasteiger partial charge in [-0.05, 0) is 24.3 Å². The van der Waals surface area contributed by atoms with Gasteiger partial charge in [0.25, 0.3) is 0 Å². The van der Waals surface area contributed by atoms with Crippen LogP contribution in [0.15, 0.2) is 24.3 Å². The number of benzene rings is 1. The average Bonchev–Trinajstić information content (AvgIpc) is 2.74. The number of fused-ring (bicyclic) bond motifs is 1. The van der Waals surface area contributed by atoms with Crippen molar-refractivity contribution in [2.24, 2.45) is 5.41 Å².